The molecule has 0 saturated carbocycles. The van der Waals surface area contributed by atoms with Crippen LogP contribution in [0.5, 0.6) is 0 Å². The SMILES string of the molecule is CC(CC(CN)C(=O)O)c1ccc(C(F)(F)F)c(C(F)(F)F)c1C(F)(F)F. The van der Waals surface area contributed by atoms with Crippen molar-refractivity contribution in [3.8, 4) is 0 Å². The van der Waals surface area contributed by atoms with Gasteiger partial charge in [-0.3, -0.25) is 4.79 Å². The molecule has 0 fully saturated rings. The summed E-state index contributed by atoms with van der Waals surface area (Å²) in [6, 6.07) is 0.211. The number of hydrogen-bond donors (Lipinski definition) is 2. The fraction of sp³-hybridized carbons (Fsp3) is 0.533. The molecule has 0 aliphatic carbocycles. The molecule has 1 aromatic carbocycles. The fourth-order valence-electron chi connectivity index (χ4n) is 2.72. The quantitative estimate of drug-likeness (QED) is 0.678. The first-order chi connectivity index (χ1) is 12.0. The first-order valence-electron chi connectivity index (χ1n) is 7.33. The number of rotatable bonds is 5. The van der Waals surface area contributed by atoms with Gasteiger partial charge in [-0.2, -0.15) is 39.5 Å². The Morgan fingerprint density at radius 2 is 1.44 bits per heavy atom. The average Bonchev–Trinajstić information content (AvgIpc) is 2.47. The van der Waals surface area contributed by atoms with Crippen molar-refractivity contribution in [2.45, 2.75) is 37.8 Å². The van der Waals surface area contributed by atoms with Crippen LogP contribution in [0.4, 0.5) is 39.5 Å². The van der Waals surface area contributed by atoms with Crippen LogP contribution in [0.2, 0.25) is 0 Å². The van der Waals surface area contributed by atoms with Crippen LogP contribution in [0.3, 0.4) is 0 Å². The van der Waals surface area contributed by atoms with Gasteiger partial charge in [-0.25, -0.2) is 0 Å². The van der Waals surface area contributed by atoms with Crippen molar-refractivity contribution in [1.82, 2.24) is 0 Å². The molecule has 0 aromatic heterocycles. The van der Waals surface area contributed by atoms with Crippen molar-refractivity contribution in [1.29, 1.82) is 0 Å². The molecule has 0 radical (unpaired) electrons. The highest BCUT2D eigenvalue weighted by Crippen LogP contribution is 2.49. The van der Waals surface area contributed by atoms with Gasteiger partial charge in [-0.15, -0.1) is 0 Å². The summed E-state index contributed by atoms with van der Waals surface area (Å²) in [5.41, 5.74) is -3.69. The van der Waals surface area contributed by atoms with Gasteiger partial charge < -0.3 is 10.8 Å². The molecule has 0 aliphatic rings. The number of aliphatic carboxylic acids is 1. The zero-order chi connectivity index (χ0) is 21.4. The summed E-state index contributed by atoms with van der Waals surface area (Å²) in [5, 5.41) is 8.90. The number of benzene rings is 1. The Labute approximate surface area is 147 Å². The van der Waals surface area contributed by atoms with Crippen molar-refractivity contribution in [3.63, 3.8) is 0 Å². The highest BCUT2D eigenvalue weighted by atomic mass is 19.4. The molecule has 1 rings (SSSR count). The van der Waals surface area contributed by atoms with E-state index in [9.17, 15) is 44.3 Å². The predicted molar refractivity (Wildman–Crippen MR) is 74.7 cm³/mol. The summed E-state index contributed by atoms with van der Waals surface area (Å²) in [6.45, 7) is 0.484. The lowest BCUT2D eigenvalue weighted by Gasteiger charge is -2.26. The van der Waals surface area contributed by atoms with E-state index < -0.39 is 71.6 Å². The number of carboxylic acid groups (broad SMARTS) is 1. The lowest BCUT2D eigenvalue weighted by molar-refractivity contribution is -0.175. The molecule has 0 aliphatic heterocycles. The minimum absolute atomic E-state index is 0.0812. The Morgan fingerprint density at radius 3 is 1.78 bits per heavy atom. The Bertz CT molecular complexity index is 692. The topological polar surface area (TPSA) is 63.3 Å². The summed E-state index contributed by atoms with van der Waals surface area (Å²) in [5.74, 6) is -4.31. The van der Waals surface area contributed by atoms with Gasteiger partial charge in [0.25, 0.3) is 0 Å². The summed E-state index contributed by atoms with van der Waals surface area (Å²) < 4.78 is 118. The monoisotopic (exact) mass is 411 g/mol. The molecule has 3 nitrogen and oxygen atoms in total. The maximum atomic E-state index is 13.3. The number of alkyl halides is 9. The number of hydrogen-bond acceptors (Lipinski definition) is 2. The largest absolute Gasteiger partial charge is 0.481 e. The second-order valence-electron chi connectivity index (χ2n) is 5.85. The van der Waals surface area contributed by atoms with E-state index in [-0.39, 0.29) is 6.07 Å². The minimum Gasteiger partial charge on any atom is -0.481 e. The van der Waals surface area contributed by atoms with E-state index in [4.69, 9.17) is 10.8 Å². The summed E-state index contributed by atoms with van der Waals surface area (Å²) >= 11 is 0. The lowest BCUT2D eigenvalue weighted by Crippen LogP contribution is -2.27. The molecule has 27 heavy (non-hydrogen) atoms. The lowest BCUT2D eigenvalue weighted by atomic mass is 9.84. The third kappa shape index (κ3) is 5.27. The van der Waals surface area contributed by atoms with Crippen LogP contribution in [0.25, 0.3) is 0 Å². The van der Waals surface area contributed by atoms with Crippen LogP contribution >= 0.6 is 0 Å². The first-order valence-corrected chi connectivity index (χ1v) is 7.33. The fourth-order valence-corrected chi connectivity index (χ4v) is 2.72. The van der Waals surface area contributed by atoms with Crippen molar-refractivity contribution in [3.05, 3.63) is 34.4 Å². The molecule has 0 amide bonds. The second-order valence-corrected chi connectivity index (χ2v) is 5.85. The van der Waals surface area contributed by atoms with Crippen molar-refractivity contribution in [2.24, 2.45) is 11.7 Å². The molecule has 0 spiro atoms. The van der Waals surface area contributed by atoms with Gasteiger partial charge in [0.05, 0.1) is 22.6 Å². The number of carboxylic acids is 1. The van der Waals surface area contributed by atoms with Gasteiger partial charge in [-0.1, -0.05) is 13.0 Å². The number of carbonyl (C=O) groups is 1. The smallest absolute Gasteiger partial charge is 0.417 e. The molecule has 0 heterocycles. The molecular weight excluding hydrogens is 397 g/mol. The second kappa shape index (κ2) is 7.56. The van der Waals surface area contributed by atoms with Crippen LogP contribution in [0.1, 0.15) is 41.5 Å². The molecule has 1 aromatic rings. The van der Waals surface area contributed by atoms with E-state index >= 15 is 0 Å². The Kier molecular flexibility index (Phi) is 6.46. The van der Waals surface area contributed by atoms with Gasteiger partial charge in [0.2, 0.25) is 0 Å². The third-order valence-corrected chi connectivity index (χ3v) is 3.91. The number of halogens is 9. The first kappa shape index (κ1) is 23.1. The molecule has 2 unspecified atom stereocenters. The molecule has 154 valence electrons. The molecule has 0 bridgehead atoms. The Morgan fingerprint density at radius 1 is 0.963 bits per heavy atom. The Hall–Kier alpha value is -1.98. The maximum Gasteiger partial charge on any atom is 0.417 e. The van der Waals surface area contributed by atoms with E-state index in [1.165, 1.54) is 0 Å². The molecule has 0 saturated heterocycles. The van der Waals surface area contributed by atoms with Crippen molar-refractivity contribution < 1.29 is 49.4 Å². The van der Waals surface area contributed by atoms with Gasteiger partial charge in [0.1, 0.15) is 0 Å². The van der Waals surface area contributed by atoms with Crippen LogP contribution in [0.15, 0.2) is 12.1 Å². The van der Waals surface area contributed by atoms with E-state index in [1.807, 2.05) is 0 Å². The van der Waals surface area contributed by atoms with Crippen LogP contribution in [-0.4, -0.2) is 17.6 Å². The van der Waals surface area contributed by atoms with E-state index in [0.717, 1.165) is 6.92 Å². The molecule has 12 heteroatoms. The van der Waals surface area contributed by atoms with E-state index in [0.29, 0.717) is 6.07 Å². The summed E-state index contributed by atoms with van der Waals surface area (Å²) in [6.07, 6.45) is -18.0. The van der Waals surface area contributed by atoms with E-state index in [1.54, 1.807) is 0 Å². The van der Waals surface area contributed by atoms with Gasteiger partial charge >= 0.3 is 24.5 Å². The maximum absolute atomic E-state index is 13.3. The average molecular weight is 411 g/mol. The predicted octanol–water partition coefficient (Wildman–Crippen LogP) is 4.90. The van der Waals surface area contributed by atoms with Crippen LogP contribution in [0, 0.1) is 5.92 Å². The summed E-state index contributed by atoms with van der Waals surface area (Å²) in [7, 11) is 0. The number of nitrogens with two attached hydrogens (primary N) is 1. The zero-order valence-electron chi connectivity index (χ0n) is 13.6. The van der Waals surface area contributed by atoms with Gasteiger partial charge in [-0.05, 0) is 24.0 Å². The van der Waals surface area contributed by atoms with Crippen LogP contribution in [-0.2, 0) is 23.3 Å². The standard InChI is InChI=1S/C15H14F9NO2/c1-6(4-7(5-25)12(26)27)8-2-3-9(13(16,17)18)11(15(22,23)24)10(8)14(19,20)21/h2-3,6-7H,4-5,25H2,1H3,(H,26,27). The van der Waals surface area contributed by atoms with Gasteiger partial charge in [0.15, 0.2) is 0 Å². The van der Waals surface area contributed by atoms with Crippen molar-refractivity contribution >= 4 is 5.97 Å². The molecule has 3 N–H and O–H groups in total. The van der Waals surface area contributed by atoms with Crippen molar-refractivity contribution in [2.75, 3.05) is 6.54 Å². The summed E-state index contributed by atoms with van der Waals surface area (Å²) in [4.78, 5) is 11.0. The highest BCUT2D eigenvalue weighted by Gasteiger charge is 2.51. The zero-order valence-corrected chi connectivity index (χ0v) is 13.6. The normalized spacial score (nSPS) is 15.5. The molecular formula is C15H14F9NO2. The minimum atomic E-state index is -5.94. The van der Waals surface area contributed by atoms with E-state index in [2.05, 4.69) is 0 Å². The van der Waals surface area contributed by atoms with Crippen LogP contribution < -0.4 is 5.73 Å². The highest BCUT2D eigenvalue weighted by molar-refractivity contribution is 5.70. The third-order valence-electron chi connectivity index (χ3n) is 3.91. The molecule has 2 atom stereocenters. The van der Waals surface area contributed by atoms with Gasteiger partial charge in [0, 0.05) is 6.54 Å². The Balaban J connectivity index is 3.75.